The van der Waals surface area contributed by atoms with Gasteiger partial charge in [0.15, 0.2) is 6.61 Å². The fraction of sp³-hybridized carbons (Fsp3) is 0.208. The number of halogens is 1. The molecule has 3 rings (SSSR count). The van der Waals surface area contributed by atoms with E-state index in [-0.39, 0.29) is 11.5 Å². The van der Waals surface area contributed by atoms with Gasteiger partial charge in [-0.15, -0.1) is 0 Å². The van der Waals surface area contributed by atoms with Gasteiger partial charge in [0, 0.05) is 18.2 Å². The molecule has 2 N–H and O–H groups in total. The summed E-state index contributed by atoms with van der Waals surface area (Å²) in [7, 11) is -0.820. The molecule has 10 heteroatoms. The monoisotopic (exact) mass is 504 g/mol. The van der Waals surface area contributed by atoms with Crippen LogP contribution < -0.4 is 24.2 Å². The predicted octanol–water partition coefficient (Wildman–Crippen LogP) is 4.41. The Morgan fingerprint density at radius 1 is 0.971 bits per heavy atom. The summed E-state index contributed by atoms with van der Waals surface area (Å²) in [5, 5.41) is 3.02. The molecule has 0 aromatic heterocycles. The van der Waals surface area contributed by atoms with Crippen molar-refractivity contribution >= 4 is 33.2 Å². The molecule has 0 saturated heterocycles. The summed E-state index contributed by atoms with van der Waals surface area (Å²) >= 11 is 6.07. The van der Waals surface area contributed by atoms with Crippen molar-refractivity contribution in [1.29, 1.82) is 0 Å². The van der Waals surface area contributed by atoms with Crippen LogP contribution in [-0.2, 0) is 14.8 Å². The number of ether oxygens (including phenoxy) is 3. The number of hydrogen-bond donors (Lipinski definition) is 2. The molecule has 180 valence electrons. The Hall–Kier alpha value is -3.27. The molecule has 0 unspecified atom stereocenters. The van der Waals surface area contributed by atoms with Crippen LogP contribution in [0, 0.1) is 0 Å². The fourth-order valence-electron chi connectivity index (χ4n) is 3.12. The molecule has 0 aliphatic heterocycles. The number of anilines is 1. The second-order valence-corrected chi connectivity index (χ2v) is 9.37. The second kappa shape index (κ2) is 11.2. The minimum Gasteiger partial charge on any atom is -0.495 e. The molecule has 0 aliphatic rings. The van der Waals surface area contributed by atoms with Crippen molar-refractivity contribution in [3.05, 3.63) is 77.3 Å². The number of sulfonamides is 1. The van der Waals surface area contributed by atoms with Crippen LogP contribution in [0.3, 0.4) is 0 Å². The molecule has 8 nitrogen and oxygen atoms in total. The van der Waals surface area contributed by atoms with E-state index in [9.17, 15) is 13.2 Å². The average molecular weight is 505 g/mol. The quantitative estimate of drug-likeness (QED) is 0.424. The molecule has 0 radical (unpaired) electrons. The Bertz CT molecular complexity index is 1230. The minimum absolute atomic E-state index is 0.0880. The van der Waals surface area contributed by atoms with E-state index >= 15 is 0 Å². The van der Waals surface area contributed by atoms with E-state index in [1.54, 1.807) is 13.0 Å². The SMILES string of the molecule is COc1cc(NC(=O)COc2ccc(S(=O)(=O)N[C@H](C)c3ccccc3)cc2)c(OC)cc1Cl. The van der Waals surface area contributed by atoms with Gasteiger partial charge in [-0.05, 0) is 36.8 Å². The zero-order valence-corrected chi connectivity index (χ0v) is 20.4. The molecule has 1 atom stereocenters. The largest absolute Gasteiger partial charge is 0.495 e. The van der Waals surface area contributed by atoms with E-state index in [0.29, 0.717) is 28.0 Å². The van der Waals surface area contributed by atoms with Crippen LogP contribution in [0.15, 0.2) is 71.6 Å². The number of benzene rings is 3. The number of amides is 1. The maximum atomic E-state index is 12.7. The van der Waals surface area contributed by atoms with Gasteiger partial charge in [0.05, 0.1) is 29.8 Å². The molecule has 0 saturated carbocycles. The number of hydrogen-bond acceptors (Lipinski definition) is 6. The summed E-state index contributed by atoms with van der Waals surface area (Å²) in [6, 6.07) is 17.8. The summed E-state index contributed by atoms with van der Waals surface area (Å²) in [6.07, 6.45) is 0. The van der Waals surface area contributed by atoms with Crippen molar-refractivity contribution in [3.63, 3.8) is 0 Å². The van der Waals surface area contributed by atoms with E-state index in [0.717, 1.165) is 5.56 Å². The van der Waals surface area contributed by atoms with E-state index in [1.807, 2.05) is 30.3 Å². The van der Waals surface area contributed by atoms with Gasteiger partial charge < -0.3 is 19.5 Å². The summed E-state index contributed by atoms with van der Waals surface area (Å²) in [6.45, 7) is 1.47. The Morgan fingerprint density at radius 3 is 2.24 bits per heavy atom. The highest BCUT2D eigenvalue weighted by molar-refractivity contribution is 7.89. The maximum absolute atomic E-state index is 12.7. The lowest BCUT2D eigenvalue weighted by Crippen LogP contribution is -2.26. The van der Waals surface area contributed by atoms with Gasteiger partial charge in [0.25, 0.3) is 5.91 Å². The molecular weight excluding hydrogens is 480 g/mol. The van der Waals surface area contributed by atoms with Gasteiger partial charge in [-0.2, -0.15) is 0 Å². The number of methoxy groups -OCH3 is 2. The van der Waals surface area contributed by atoms with Crippen LogP contribution >= 0.6 is 11.6 Å². The third-order valence-electron chi connectivity index (χ3n) is 4.88. The lowest BCUT2D eigenvalue weighted by molar-refractivity contribution is -0.118. The van der Waals surface area contributed by atoms with Gasteiger partial charge in [-0.25, -0.2) is 13.1 Å². The molecule has 0 bridgehead atoms. The van der Waals surface area contributed by atoms with Crippen LogP contribution in [-0.4, -0.2) is 35.2 Å². The highest BCUT2D eigenvalue weighted by Crippen LogP contribution is 2.35. The van der Waals surface area contributed by atoms with Crippen LogP contribution in [0.2, 0.25) is 5.02 Å². The molecule has 3 aromatic carbocycles. The van der Waals surface area contributed by atoms with Crippen molar-refractivity contribution < 1.29 is 27.4 Å². The topological polar surface area (TPSA) is 103 Å². The van der Waals surface area contributed by atoms with Crippen molar-refractivity contribution in [2.24, 2.45) is 0 Å². The first-order valence-electron chi connectivity index (χ1n) is 10.2. The molecule has 3 aromatic rings. The van der Waals surface area contributed by atoms with Crippen molar-refractivity contribution in [3.8, 4) is 17.2 Å². The van der Waals surface area contributed by atoms with Crippen LogP contribution in [0.1, 0.15) is 18.5 Å². The molecule has 0 spiro atoms. The molecule has 1 amide bonds. The minimum atomic E-state index is -3.74. The van der Waals surface area contributed by atoms with Crippen LogP contribution in [0.5, 0.6) is 17.2 Å². The van der Waals surface area contributed by atoms with E-state index in [1.165, 1.54) is 44.6 Å². The van der Waals surface area contributed by atoms with Gasteiger partial charge in [0.2, 0.25) is 10.0 Å². The summed E-state index contributed by atoms with van der Waals surface area (Å²) in [5.74, 6) is 0.639. The van der Waals surface area contributed by atoms with Gasteiger partial charge in [0.1, 0.15) is 17.2 Å². The fourth-order valence-corrected chi connectivity index (χ4v) is 4.58. The molecular formula is C24H25ClN2O6S. The summed E-state index contributed by atoms with van der Waals surface area (Å²) in [4.78, 5) is 12.4. The van der Waals surface area contributed by atoms with E-state index in [4.69, 9.17) is 25.8 Å². The average Bonchev–Trinajstić information content (AvgIpc) is 2.84. The third kappa shape index (κ3) is 6.40. The highest BCUT2D eigenvalue weighted by atomic mass is 35.5. The van der Waals surface area contributed by atoms with Crippen LogP contribution in [0.4, 0.5) is 5.69 Å². The van der Waals surface area contributed by atoms with Crippen molar-refractivity contribution in [1.82, 2.24) is 4.72 Å². The lowest BCUT2D eigenvalue weighted by Gasteiger charge is -2.15. The number of nitrogens with one attached hydrogen (secondary N) is 2. The number of rotatable bonds is 10. The summed E-state index contributed by atoms with van der Waals surface area (Å²) in [5.41, 5.74) is 1.23. The molecule has 0 fully saturated rings. The first kappa shape index (κ1) is 25.4. The van der Waals surface area contributed by atoms with Gasteiger partial charge in [-0.1, -0.05) is 41.9 Å². The predicted molar refractivity (Wildman–Crippen MR) is 130 cm³/mol. The first-order chi connectivity index (χ1) is 16.2. The maximum Gasteiger partial charge on any atom is 0.262 e. The Kier molecular flexibility index (Phi) is 8.38. The van der Waals surface area contributed by atoms with Crippen LogP contribution in [0.25, 0.3) is 0 Å². The van der Waals surface area contributed by atoms with Crippen molar-refractivity contribution in [2.75, 3.05) is 26.1 Å². The first-order valence-corrected chi connectivity index (χ1v) is 12.1. The zero-order chi connectivity index (χ0) is 24.7. The Labute approximate surface area is 203 Å². The van der Waals surface area contributed by atoms with E-state index in [2.05, 4.69) is 10.0 Å². The van der Waals surface area contributed by atoms with E-state index < -0.39 is 22.0 Å². The van der Waals surface area contributed by atoms with Gasteiger partial charge >= 0.3 is 0 Å². The molecule has 0 heterocycles. The van der Waals surface area contributed by atoms with Crippen molar-refractivity contribution in [2.45, 2.75) is 17.9 Å². The normalized spacial score (nSPS) is 12.0. The highest BCUT2D eigenvalue weighted by Gasteiger charge is 2.18. The summed E-state index contributed by atoms with van der Waals surface area (Å²) < 4.78 is 43.9. The molecule has 34 heavy (non-hydrogen) atoms. The molecule has 0 aliphatic carbocycles. The Balaban J connectivity index is 1.60. The lowest BCUT2D eigenvalue weighted by atomic mass is 10.1. The Morgan fingerprint density at radius 2 is 1.62 bits per heavy atom. The second-order valence-electron chi connectivity index (χ2n) is 7.25. The standard InChI is InChI=1S/C24H25ClN2O6S/c1-16(17-7-5-4-6-8-17)27-34(29,30)19-11-9-18(10-12-19)33-15-24(28)26-21-14-22(31-2)20(25)13-23(21)32-3/h4-14,16,27H,15H2,1-3H3,(H,26,28)/t16-/m1/s1. The number of carbonyl (C=O) groups excluding carboxylic acids is 1. The third-order valence-corrected chi connectivity index (χ3v) is 6.74. The smallest absolute Gasteiger partial charge is 0.262 e. The zero-order valence-electron chi connectivity index (χ0n) is 18.9. The van der Waals surface area contributed by atoms with Gasteiger partial charge in [-0.3, -0.25) is 4.79 Å². The number of carbonyl (C=O) groups is 1.